The minimum atomic E-state index is -4.03. The lowest BCUT2D eigenvalue weighted by molar-refractivity contribution is -0.136. The summed E-state index contributed by atoms with van der Waals surface area (Å²) in [4.78, 5) is 39.1. The third-order valence-corrected chi connectivity index (χ3v) is 8.56. The molecule has 2 fully saturated rings. The van der Waals surface area contributed by atoms with Crippen molar-refractivity contribution in [2.45, 2.75) is 30.3 Å². The van der Waals surface area contributed by atoms with Crippen LogP contribution >= 0.6 is 0 Å². The third-order valence-electron chi connectivity index (χ3n) is 6.62. The molecule has 9 nitrogen and oxygen atoms in total. The fourth-order valence-corrected chi connectivity index (χ4v) is 6.27. The van der Waals surface area contributed by atoms with E-state index in [1.165, 1.54) is 27.4 Å². The molecule has 0 aromatic heterocycles. The smallest absolute Gasteiger partial charge is 0.255 e. The number of piperidine rings is 1. The van der Waals surface area contributed by atoms with Gasteiger partial charge in [0.25, 0.3) is 5.91 Å². The largest absolute Gasteiger partial charge is 0.367 e. The number of sulfonamides is 1. The Bertz CT molecular complexity index is 1340. The minimum absolute atomic E-state index is 0.0362. The molecule has 2 aromatic rings. The summed E-state index contributed by atoms with van der Waals surface area (Å²) in [7, 11) is -4.03. The summed E-state index contributed by atoms with van der Waals surface area (Å²) in [5.74, 6) is -2.87. The first kappa shape index (κ1) is 23.4. The minimum Gasteiger partial charge on any atom is -0.367 e. The average Bonchev–Trinajstić information content (AvgIpc) is 3.14. The van der Waals surface area contributed by atoms with Crippen molar-refractivity contribution < 1.29 is 31.6 Å². The Morgan fingerprint density at radius 1 is 0.943 bits per heavy atom. The fraction of sp³-hybridized carbons (Fsp3) is 0.348. The number of hydrogen-bond donors (Lipinski definition) is 1. The number of carbonyl (C=O) groups is 3. The van der Waals surface area contributed by atoms with Gasteiger partial charge in [-0.25, -0.2) is 17.2 Å². The average molecular weight is 505 g/mol. The fourth-order valence-electron chi connectivity index (χ4n) is 4.78. The summed E-state index contributed by atoms with van der Waals surface area (Å²) >= 11 is 0. The number of rotatable bonds is 4. The maximum Gasteiger partial charge on any atom is 0.255 e. The van der Waals surface area contributed by atoms with Gasteiger partial charge in [-0.05, 0) is 36.2 Å². The van der Waals surface area contributed by atoms with Crippen molar-refractivity contribution >= 4 is 33.4 Å². The zero-order chi connectivity index (χ0) is 24.9. The number of fused-ring (bicyclic) bond motifs is 1. The molecule has 0 radical (unpaired) electrons. The van der Waals surface area contributed by atoms with Gasteiger partial charge in [0.15, 0.2) is 0 Å². The molecule has 184 valence electrons. The van der Waals surface area contributed by atoms with Crippen molar-refractivity contribution in [1.29, 1.82) is 0 Å². The Morgan fingerprint density at radius 3 is 2.34 bits per heavy atom. The zero-order valence-corrected chi connectivity index (χ0v) is 19.4. The van der Waals surface area contributed by atoms with Crippen LogP contribution in [0.3, 0.4) is 0 Å². The number of nitrogens with zero attached hydrogens (tertiary/aromatic N) is 3. The van der Waals surface area contributed by atoms with Crippen LogP contribution in [0.1, 0.15) is 28.8 Å². The van der Waals surface area contributed by atoms with E-state index < -0.39 is 44.4 Å². The SMILES string of the molecule is O=C1CCC(N2Cc3cc(N4CCN(S(=O)(=O)c5ccccc5F)CC4)c(F)cc3C2=O)C(=O)N1. The number of nitrogens with one attached hydrogen (secondary N) is 1. The molecule has 1 N–H and O–H groups in total. The number of benzene rings is 2. The van der Waals surface area contributed by atoms with E-state index in [2.05, 4.69) is 5.32 Å². The van der Waals surface area contributed by atoms with E-state index in [0.29, 0.717) is 5.56 Å². The molecular weight excluding hydrogens is 482 g/mol. The first-order valence-electron chi connectivity index (χ1n) is 11.1. The van der Waals surface area contributed by atoms with Crippen molar-refractivity contribution in [2.75, 3.05) is 31.1 Å². The van der Waals surface area contributed by atoms with Crippen LogP contribution in [0.2, 0.25) is 0 Å². The van der Waals surface area contributed by atoms with Crippen molar-refractivity contribution in [3.8, 4) is 0 Å². The number of piperazine rings is 1. The molecule has 0 bridgehead atoms. The Balaban J connectivity index is 1.32. The van der Waals surface area contributed by atoms with Gasteiger partial charge in [0, 0.05) is 44.7 Å². The molecule has 1 atom stereocenters. The predicted octanol–water partition coefficient (Wildman–Crippen LogP) is 1.24. The molecule has 12 heteroatoms. The van der Waals surface area contributed by atoms with Crippen LogP contribution in [-0.4, -0.2) is 67.6 Å². The van der Waals surface area contributed by atoms with E-state index in [-0.39, 0.29) is 62.7 Å². The highest BCUT2D eigenvalue weighted by Gasteiger charge is 2.40. The highest BCUT2D eigenvalue weighted by atomic mass is 32.2. The van der Waals surface area contributed by atoms with E-state index in [1.807, 2.05) is 0 Å². The van der Waals surface area contributed by atoms with Gasteiger partial charge in [0.1, 0.15) is 22.6 Å². The summed E-state index contributed by atoms with van der Waals surface area (Å²) in [6.07, 6.45) is 0.328. The number of amides is 3. The van der Waals surface area contributed by atoms with Crippen molar-refractivity contribution in [2.24, 2.45) is 0 Å². The van der Waals surface area contributed by atoms with Crippen molar-refractivity contribution in [1.82, 2.24) is 14.5 Å². The molecule has 3 aliphatic heterocycles. The second kappa shape index (κ2) is 8.68. The maximum absolute atomic E-state index is 15.0. The van der Waals surface area contributed by atoms with Gasteiger partial charge in [-0.15, -0.1) is 0 Å². The molecule has 1 unspecified atom stereocenters. The van der Waals surface area contributed by atoms with E-state index in [4.69, 9.17) is 0 Å². The summed E-state index contributed by atoms with van der Waals surface area (Å²) in [6.45, 7) is 0.529. The van der Waals surface area contributed by atoms with E-state index in [9.17, 15) is 27.2 Å². The van der Waals surface area contributed by atoms with E-state index in [0.717, 1.165) is 12.1 Å². The van der Waals surface area contributed by atoms with E-state index >= 15 is 4.39 Å². The van der Waals surface area contributed by atoms with Gasteiger partial charge < -0.3 is 9.80 Å². The van der Waals surface area contributed by atoms with Crippen LogP contribution < -0.4 is 10.2 Å². The monoisotopic (exact) mass is 504 g/mol. The molecule has 0 spiro atoms. The molecule has 3 amide bonds. The lowest BCUT2D eigenvalue weighted by Gasteiger charge is -2.35. The Kier molecular flexibility index (Phi) is 5.80. The Morgan fingerprint density at radius 2 is 1.66 bits per heavy atom. The van der Waals surface area contributed by atoms with Crippen molar-refractivity contribution in [3.63, 3.8) is 0 Å². The highest BCUT2D eigenvalue weighted by molar-refractivity contribution is 7.89. The van der Waals surface area contributed by atoms with Crippen LogP contribution in [0.15, 0.2) is 41.3 Å². The number of carbonyl (C=O) groups excluding carboxylic acids is 3. The van der Waals surface area contributed by atoms with E-state index in [1.54, 1.807) is 11.0 Å². The predicted molar refractivity (Wildman–Crippen MR) is 120 cm³/mol. The second-order valence-corrected chi connectivity index (χ2v) is 10.6. The van der Waals surface area contributed by atoms with Crippen LogP contribution in [0, 0.1) is 11.6 Å². The molecular formula is C23H22F2N4O5S. The van der Waals surface area contributed by atoms with Gasteiger partial charge in [-0.3, -0.25) is 19.7 Å². The normalized spacial score (nSPS) is 21.3. The van der Waals surface area contributed by atoms with Crippen LogP contribution in [0.5, 0.6) is 0 Å². The molecule has 3 heterocycles. The number of anilines is 1. The first-order chi connectivity index (χ1) is 16.7. The quantitative estimate of drug-likeness (QED) is 0.628. The van der Waals surface area contributed by atoms with Gasteiger partial charge in [0.2, 0.25) is 21.8 Å². The standard InChI is InChI=1S/C23H22F2N4O5S/c24-16-3-1-2-4-20(16)35(33,34)28-9-7-27(8-10-28)19-11-14-13-29(23(32)15(14)12-17(19)25)18-5-6-21(30)26-22(18)31/h1-4,11-12,18H,5-10,13H2,(H,26,30,31). The van der Waals surface area contributed by atoms with Gasteiger partial charge in [0.05, 0.1) is 5.69 Å². The molecule has 0 saturated carbocycles. The van der Waals surface area contributed by atoms with Gasteiger partial charge in [-0.2, -0.15) is 4.31 Å². The van der Waals surface area contributed by atoms with Gasteiger partial charge in [-0.1, -0.05) is 12.1 Å². The summed E-state index contributed by atoms with van der Waals surface area (Å²) in [6, 6.07) is 7.05. The number of hydrogen-bond acceptors (Lipinski definition) is 6. The lowest BCUT2D eigenvalue weighted by Crippen LogP contribution is -2.52. The Labute approximate surface area is 200 Å². The maximum atomic E-state index is 15.0. The summed E-state index contributed by atoms with van der Waals surface area (Å²) in [5.41, 5.74) is 0.943. The highest BCUT2D eigenvalue weighted by Crippen LogP contribution is 2.33. The van der Waals surface area contributed by atoms with Crippen molar-refractivity contribution in [3.05, 3.63) is 59.2 Å². The first-order valence-corrected chi connectivity index (χ1v) is 12.6. The number of imide groups is 1. The van der Waals surface area contributed by atoms with Gasteiger partial charge >= 0.3 is 0 Å². The molecule has 3 aliphatic rings. The van der Waals surface area contributed by atoms with Crippen LogP contribution in [-0.2, 0) is 26.2 Å². The third kappa shape index (κ3) is 4.06. The lowest BCUT2D eigenvalue weighted by atomic mass is 10.0. The molecule has 0 aliphatic carbocycles. The second-order valence-electron chi connectivity index (χ2n) is 8.68. The molecule has 35 heavy (non-hydrogen) atoms. The molecule has 2 aromatic carbocycles. The summed E-state index contributed by atoms with van der Waals surface area (Å²) in [5, 5.41) is 2.23. The number of halogens is 2. The molecule has 5 rings (SSSR count). The summed E-state index contributed by atoms with van der Waals surface area (Å²) < 4.78 is 55.9. The zero-order valence-electron chi connectivity index (χ0n) is 18.5. The topological polar surface area (TPSA) is 107 Å². The Hall–Kier alpha value is -3.38. The molecule has 2 saturated heterocycles. The van der Waals surface area contributed by atoms with Crippen LogP contribution in [0.25, 0.3) is 0 Å². The van der Waals surface area contributed by atoms with Crippen LogP contribution in [0.4, 0.5) is 14.5 Å².